The molecule has 1 heterocycles. The number of nitrogens with one attached hydrogen (secondary N) is 1. The van der Waals surface area contributed by atoms with Gasteiger partial charge in [-0.1, -0.05) is 6.42 Å². The van der Waals surface area contributed by atoms with Crippen molar-refractivity contribution in [2.45, 2.75) is 32.1 Å². The molecule has 0 radical (unpaired) electrons. The summed E-state index contributed by atoms with van der Waals surface area (Å²) in [6.45, 7) is 0. The molecular formula is C15H15F3N2. The number of pyridine rings is 1. The van der Waals surface area contributed by atoms with E-state index < -0.39 is 17.5 Å². The van der Waals surface area contributed by atoms with Gasteiger partial charge in [0.15, 0.2) is 17.5 Å². The number of aryl methyl sites for hydroxylation is 1. The van der Waals surface area contributed by atoms with Gasteiger partial charge in [-0.2, -0.15) is 0 Å². The summed E-state index contributed by atoms with van der Waals surface area (Å²) in [5.41, 5.74) is 2.07. The van der Waals surface area contributed by atoms with Crippen molar-refractivity contribution in [3.8, 4) is 0 Å². The quantitative estimate of drug-likeness (QED) is 0.631. The predicted octanol–water partition coefficient (Wildman–Crippen LogP) is 3.96. The molecule has 0 atom stereocenters. The minimum absolute atomic E-state index is 0.0781. The first-order valence-electron chi connectivity index (χ1n) is 6.80. The fourth-order valence-electron chi connectivity index (χ4n) is 2.94. The topological polar surface area (TPSA) is 24.9 Å². The SMILES string of the molecule is CNc1c2c(nc3c(F)cc(F)c(F)c13)CCCCC2. The Labute approximate surface area is 115 Å². The molecule has 0 amide bonds. The summed E-state index contributed by atoms with van der Waals surface area (Å²) >= 11 is 0. The minimum atomic E-state index is -1.18. The van der Waals surface area contributed by atoms with Crippen molar-refractivity contribution in [1.29, 1.82) is 0 Å². The third-order valence-corrected chi connectivity index (χ3v) is 3.88. The van der Waals surface area contributed by atoms with E-state index in [-0.39, 0.29) is 10.9 Å². The predicted molar refractivity (Wildman–Crippen MR) is 72.4 cm³/mol. The van der Waals surface area contributed by atoms with Gasteiger partial charge < -0.3 is 5.32 Å². The second-order valence-corrected chi connectivity index (χ2v) is 5.10. The van der Waals surface area contributed by atoms with Gasteiger partial charge >= 0.3 is 0 Å². The molecule has 106 valence electrons. The maximum Gasteiger partial charge on any atom is 0.170 e. The van der Waals surface area contributed by atoms with Gasteiger partial charge in [-0.25, -0.2) is 18.2 Å². The van der Waals surface area contributed by atoms with Crippen LogP contribution in [0.2, 0.25) is 0 Å². The highest BCUT2D eigenvalue weighted by Crippen LogP contribution is 2.35. The van der Waals surface area contributed by atoms with E-state index in [2.05, 4.69) is 10.3 Å². The normalized spacial score (nSPS) is 15.0. The number of nitrogens with zero attached hydrogens (tertiary/aromatic N) is 1. The van der Waals surface area contributed by atoms with Crippen LogP contribution in [-0.2, 0) is 12.8 Å². The lowest BCUT2D eigenvalue weighted by atomic mass is 10.0. The van der Waals surface area contributed by atoms with Crippen molar-refractivity contribution in [2.24, 2.45) is 0 Å². The zero-order valence-corrected chi connectivity index (χ0v) is 11.2. The van der Waals surface area contributed by atoms with E-state index in [4.69, 9.17) is 0 Å². The number of halogens is 3. The van der Waals surface area contributed by atoms with E-state index >= 15 is 0 Å². The number of benzene rings is 1. The first kappa shape index (κ1) is 13.2. The molecule has 0 spiro atoms. The molecule has 0 saturated carbocycles. The van der Waals surface area contributed by atoms with Crippen molar-refractivity contribution >= 4 is 16.6 Å². The first-order valence-corrected chi connectivity index (χ1v) is 6.80. The monoisotopic (exact) mass is 280 g/mol. The number of rotatable bonds is 1. The van der Waals surface area contributed by atoms with Crippen LogP contribution in [0.15, 0.2) is 6.07 Å². The van der Waals surface area contributed by atoms with E-state index in [1.54, 1.807) is 7.05 Å². The van der Waals surface area contributed by atoms with Crippen LogP contribution in [0.4, 0.5) is 18.9 Å². The molecule has 1 N–H and O–H groups in total. The smallest absolute Gasteiger partial charge is 0.170 e. The van der Waals surface area contributed by atoms with Crippen molar-refractivity contribution < 1.29 is 13.2 Å². The molecule has 3 rings (SSSR count). The summed E-state index contributed by atoms with van der Waals surface area (Å²) in [7, 11) is 1.64. The number of aromatic nitrogens is 1. The molecule has 5 heteroatoms. The van der Waals surface area contributed by atoms with Crippen LogP contribution < -0.4 is 5.32 Å². The summed E-state index contributed by atoms with van der Waals surface area (Å²) in [5, 5.41) is 2.83. The second kappa shape index (κ2) is 4.96. The Kier molecular flexibility index (Phi) is 3.28. The fraction of sp³-hybridized carbons (Fsp3) is 0.400. The zero-order chi connectivity index (χ0) is 14.3. The molecule has 1 aliphatic rings. The molecule has 20 heavy (non-hydrogen) atoms. The summed E-state index contributed by atoms with van der Waals surface area (Å²) in [5.74, 6) is -3.03. The molecule has 2 nitrogen and oxygen atoms in total. The fourth-order valence-corrected chi connectivity index (χ4v) is 2.94. The highest BCUT2D eigenvalue weighted by molar-refractivity contribution is 5.94. The third kappa shape index (κ3) is 1.92. The Morgan fingerprint density at radius 1 is 1.05 bits per heavy atom. The van der Waals surface area contributed by atoms with Crippen molar-refractivity contribution in [1.82, 2.24) is 4.98 Å². The molecule has 0 saturated heterocycles. The minimum Gasteiger partial charge on any atom is -0.387 e. The number of fused-ring (bicyclic) bond motifs is 2. The van der Waals surface area contributed by atoms with Gasteiger partial charge in [0, 0.05) is 18.8 Å². The van der Waals surface area contributed by atoms with Crippen molar-refractivity contribution in [3.63, 3.8) is 0 Å². The van der Waals surface area contributed by atoms with E-state index in [0.717, 1.165) is 43.4 Å². The molecule has 1 aliphatic carbocycles. The van der Waals surface area contributed by atoms with Crippen LogP contribution in [0.1, 0.15) is 30.5 Å². The Hall–Kier alpha value is -1.78. The van der Waals surface area contributed by atoms with Gasteiger partial charge in [0.2, 0.25) is 0 Å². The average molecular weight is 280 g/mol. The highest BCUT2D eigenvalue weighted by atomic mass is 19.2. The summed E-state index contributed by atoms with van der Waals surface area (Å²) in [4.78, 5) is 4.26. The van der Waals surface area contributed by atoms with Crippen molar-refractivity contribution in [2.75, 3.05) is 12.4 Å². The van der Waals surface area contributed by atoms with Crippen LogP contribution in [-0.4, -0.2) is 12.0 Å². The summed E-state index contributed by atoms with van der Waals surface area (Å²) < 4.78 is 41.5. The number of hydrogen-bond donors (Lipinski definition) is 1. The molecule has 0 unspecified atom stereocenters. The van der Waals surface area contributed by atoms with E-state index in [1.807, 2.05) is 0 Å². The maximum absolute atomic E-state index is 14.1. The van der Waals surface area contributed by atoms with Crippen LogP contribution in [0.3, 0.4) is 0 Å². The molecule has 2 aromatic rings. The summed E-state index contributed by atoms with van der Waals surface area (Å²) in [6.07, 6.45) is 4.54. The lowest BCUT2D eigenvalue weighted by Gasteiger charge is -2.16. The lowest BCUT2D eigenvalue weighted by Crippen LogP contribution is -2.06. The Bertz CT molecular complexity index is 683. The number of hydrogen-bond acceptors (Lipinski definition) is 2. The van der Waals surface area contributed by atoms with Gasteiger partial charge in [0.1, 0.15) is 5.52 Å². The molecular weight excluding hydrogens is 265 g/mol. The van der Waals surface area contributed by atoms with Crippen LogP contribution in [0, 0.1) is 17.5 Å². The molecule has 0 aliphatic heterocycles. The Morgan fingerprint density at radius 2 is 1.80 bits per heavy atom. The van der Waals surface area contributed by atoms with Gasteiger partial charge in [-0.3, -0.25) is 0 Å². The number of anilines is 1. The van der Waals surface area contributed by atoms with E-state index in [1.165, 1.54) is 0 Å². The van der Waals surface area contributed by atoms with E-state index in [9.17, 15) is 13.2 Å². The van der Waals surface area contributed by atoms with Crippen LogP contribution in [0.5, 0.6) is 0 Å². The van der Waals surface area contributed by atoms with Gasteiger partial charge in [0.05, 0.1) is 11.1 Å². The summed E-state index contributed by atoms with van der Waals surface area (Å²) in [6, 6.07) is 0.563. The Balaban J connectivity index is 2.43. The highest BCUT2D eigenvalue weighted by Gasteiger charge is 2.22. The average Bonchev–Trinajstić information content (AvgIpc) is 2.67. The van der Waals surface area contributed by atoms with Crippen LogP contribution >= 0.6 is 0 Å². The van der Waals surface area contributed by atoms with Crippen LogP contribution in [0.25, 0.3) is 10.9 Å². The molecule has 1 aromatic carbocycles. The molecule has 1 aromatic heterocycles. The molecule has 0 fully saturated rings. The van der Waals surface area contributed by atoms with E-state index in [0.29, 0.717) is 11.8 Å². The largest absolute Gasteiger partial charge is 0.387 e. The third-order valence-electron chi connectivity index (χ3n) is 3.88. The van der Waals surface area contributed by atoms with Crippen molar-refractivity contribution in [3.05, 3.63) is 34.8 Å². The van der Waals surface area contributed by atoms with Gasteiger partial charge in [-0.05, 0) is 31.2 Å². The molecule has 0 bridgehead atoms. The Morgan fingerprint density at radius 3 is 2.55 bits per heavy atom. The maximum atomic E-state index is 14.1. The lowest BCUT2D eigenvalue weighted by molar-refractivity contribution is 0.505. The first-order chi connectivity index (χ1) is 9.63. The second-order valence-electron chi connectivity index (χ2n) is 5.10. The zero-order valence-electron chi connectivity index (χ0n) is 11.2. The standard InChI is InChI=1S/C15H15F3N2/c1-19-14-8-5-3-2-4-6-11(8)20-15-10(17)7-9(16)13(18)12(14)15/h7H,2-6H2,1H3,(H,19,20). The van der Waals surface area contributed by atoms with Gasteiger partial charge in [0.25, 0.3) is 0 Å². The van der Waals surface area contributed by atoms with Gasteiger partial charge in [-0.15, -0.1) is 0 Å².